The molecule has 1 amide bonds. The smallest absolute Gasteiger partial charge is 0.225 e. The lowest BCUT2D eigenvalue weighted by atomic mass is 9.81. The van der Waals surface area contributed by atoms with Crippen molar-refractivity contribution in [3.05, 3.63) is 54.4 Å². The van der Waals surface area contributed by atoms with Gasteiger partial charge in [-0.2, -0.15) is 0 Å². The zero-order chi connectivity index (χ0) is 18.1. The van der Waals surface area contributed by atoms with Crippen LogP contribution in [0, 0.1) is 5.92 Å². The molecule has 6 heteroatoms. The second kappa shape index (κ2) is 7.03. The Labute approximate surface area is 153 Å². The van der Waals surface area contributed by atoms with E-state index in [4.69, 9.17) is 0 Å². The van der Waals surface area contributed by atoms with Gasteiger partial charge in [-0.3, -0.25) is 4.79 Å². The first-order chi connectivity index (χ1) is 12.6. The van der Waals surface area contributed by atoms with E-state index in [0.717, 1.165) is 0 Å². The maximum atomic E-state index is 12.3. The average molecular weight is 352 g/mol. The Bertz CT molecular complexity index is 755. The van der Waals surface area contributed by atoms with Gasteiger partial charge in [0.05, 0.1) is 12.1 Å². The molecule has 3 heterocycles. The van der Waals surface area contributed by atoms with E-state index in [-0.39, 0.29) is 23.8 Å². The van der Waals surface area contributed by atoms with Crippen molar-refractivity contribution in [1.29, 1.82) is 0 Å². The third-order valence-corrected chi connectivity index (χ3v) is 5.72. The lowest BCUT2D eigenvalue weighted by molar-refractivity contribution is -0.130. The summed E-state index contributed by atoms with van der Waals surface area (Å²) in [6.45, 7) is 3.60. The number of benzene rings is 1. The predicted molar refractivity (Wildman–Crippen MR) is 98.7 cm³/mol. The van der Waals surface area contributed by atoms with Gasteiger partial charge in [-0.15, -0.1) is 0 Å². The minimum atomic E-state index is -0.455. The number of fused-ring (bicyclic) bond motifs is 1. The highest BCUT2D eigenvalue weighted by Crippen LogP contribution is 2.42. The van der Waals surface area contributed by atoms with E-state index in [9.17, 15) is 9.90 Å². The van der Waals surface area contributed by atoms with Crippen LogP contribution in [0.2, 0.25) is 0 Å². The molecule has 0 radical (unpaired) electrons. The largest absolute Gasteiger partial charge is 0.393 e. The topological polar surface area (TPSA) is 69.6 Å². The number of rotatable bonds is 2. The Kier molecular flexibility index (Phi) is 4.59. The standard InChI is InChI=1S/C20H24N4O2/c1-14(25)24-12-16(15-6-3-2-4-7-15)19-17(24)13-23(11-8-18(19)26)20-21-9-5-10-22-20/h2-7,9-10,16-19,26H,8,11-13H2,1H3/t16-,17+,18+,19-/m0/s1. The molecular weight excluding hydrogens is 328 g/mol. The second-order valence-corrected chi connectivity index (χ2v) is 7.18. The zero-order valence-electron chi connectivity index (χ0n) is 14.9. The third-order valence-electron chi connectivity index (χ3n) is 5.72. The minimum absolute atomic E-state index is 0.0232. The highest BCUT2D eigenvalue weighted by atomic mass is 16.3. The van der Waals surface area contributed by atoms with E-state index in [1.165, 1.54) is 5.56 Å². The Morgan fingerprint density at radius 1 is 1.12 bits per heavy atom. The summed E-state index contributed by atoms with van der Waals surface area (Å²) < 4.78 is 0. The van der Waals surface area contributed by atoms with Crippen LogP contribution in [0.15, 0.2) is 48.8 Å². The lowest BCUT2D eigenvalue weighted by Gasteiger charge is -2.31. The van der Waals surface area contributed by atoms with E-state index in [0.29, 0.717) is 32.0 Å². The molecule has 2 saturated heterocycles. The van der Waals surface area contributed by atoms with Crippen molar-refractivity contribution in [2.45, 2.75) is 31.4 Å². The van der Waals surface area contributed by atoms with Crippen LogP contribution in [0.5, 0.6) is 0 Å². The van der Waals surface area contributed by atoms with Crippen molar-refractivity contribution >= 4 is 11.9 Å². The SMILES string of the molecule is CC(=O)N1C[C@@H](c2ccccc2)[C@@H]2[C@H](O)CCN(c3ncccn3)C[C@H]21. The Balaban J connectivity index is 1.68. The molecule has 0 saturated carbocycles. The van der Waals surface area contributed by atoms with Crippen molar-refractivity contribution in [2.75, 3.05) is 24.5 Å². The van der Waals surface area contributed by atoms with Gasteiger partial charge in [0.2, 0.25) is 11.9 Å². The first-order valence-electron chi connectivity index (χ1n) is 9.17. The number of aromatic nitrogens is 2. The summed E-state index contributed by atoms with van der Waals surface area (Å²) in [5.74, 6) is 0.889. The number of hydrogen-bond donors (Lipinski definition) is 1. The molecule has 1 aromatic carbocycles. The third kappa shape index (κ3) is 3.05. The van der Waals surface area contributed by atoms with Crippen LogP contribution in [0.3, 0.4) is 0 Å². The maximum absolute atomic E-state index is 12.3. The normalized spacial score (nSPS) is 28.5. The maximum Gasteiger partial charge on any atom is 0.225 e. The number of carbonyl (C=O) groups is 1. The summed E-state index contributed by atoms with van der Waals surface area (Å²) >= 11 is 0. The van der Waals surface area contributed by atoms with Crippen molar-refractivity contribution in [3.63, 3.8) is 0 Å². The Hall–Kier alpha value is -2.47. The summed E-state index contributed by atoms with van der Waals surface area (Å²) in [4.78, 5) is 25.1. The molecule has 6 nitrogen and oxygen atoms in total. The van der Waals surface area contributed by atoms with Crippen LogP contribution < -0.4 is 4.90 Å². The number of hydrogen-bond acceptors (Lipinski definition) is 5. The highest BCUT2D eigenvalue weighted by molar-refractivity contribution is 5.74. The molecule has 2 aliphatic rings. The van der Waals surface area contributed by atoms with Crippen LogP contribution in [-0.2, 0) is 4.79 Å². The number of anilines is 1. The fraction of sp³-hybridized carbons (Fsp3) is 0.450. The molecule has 0 unspecified atom stereocenters. The molecule has 4 rings (SSSR count). The van der Waals surface area contributed by atoms with Gasteiger partial charge in [0, 0.05) is 50.8 Å². The Morgan fingerprint density at radius 3 is 2.54 bits per heavy atom. The zero-order valence-corrected chi connectivity index (χ0v) is 14.9. The van der Waals surface area contributed by atoms with Gasteiger partial charge in [0.15, 0.2) is 0 Å². The average Bonchev–Trinajstić information content (AvgIpc) is 2.97. The van der Waals surface area contributed by atoms with E-state index in [2.05, 4.69) is 27.0 Å². The first-order valence-corrected chi connectivity index (χ1v) is 9.17. The summed E-state index contributed by atoms with van der Waals surface area (Å²) in [5, 5.41) is 10.9. The quantitative estimate of drug-likeness (QED) is 0.890. The van der Waals surface area contributed by atoms with E-state index < -0.39 is 6.10 Å². The molecule has 2 fully saturated rings. The highest BCUT2D eigenvalue weighted by Gasteiger charge is 2.48. The molecule has 2 aromatic rings. The number of amides is 1. The number of aliphatic hydroxyl groups is 1. The molecular formula is C20H24N4O2. The fourth-order valence-corrected chi connectivity index (χ4v) is 4.51. The van der Waals surface area contributed by atoms with Gasteiger partial charge in [0.1, 0.15) is 0 Å². The molecule has 4 atom stereocenters. The van der Waals surface area contributed by atoms with Crippen molar-refractivity contribution < 1.29 is 9.90 Å². The molecule has 0 bridgehead atoms. The van der Waals surface area contributed by atoms with Gasteiger partial charge in [-0.05, 0) is 18.1 Å². The number of aliphatic hydroxyl groups excluding tert-OH is 1. The fourth-order valence-electron chi connectivity index (χ4n) is 4.51. The minimum Gasteiger partial charge on any atom is -0.393 e. The van der Waals surface area contributed by atoms with E-state index in [1.807, 2.05) is 23.1 Å². The van der Waals surface area contributed by atoms with Gasteiger partial charge in [-0.1, -0.05) is 30.3 Å². The second-order valence-electron chi connectivity index (χ2n) is 7.18. The Morgan fingerprint density at radius 2 is 1.85 bits per heavy atom. The summed E-state index contributed by atoms with van der Waals surface area (Å²) in [7, 11) is 0. The van der Waals surface area contributed by atoms with Crippen LogP contribution >= 0.6 is 0 Å². The summed E-state index contributed by atoms with van der Waals surface area (Å²) in [6, 6.07) is 12.0. The van der Waals surface area contributed by atoms with Crippen molar-refractivity contribution in [1.82, 2.24) is 14.9 Å². The molecule has 26 heavy (non-hydrogen) atoms. The van der Waals surface area contributed by atoms with Crippen molar-refractivity contribution in [2.24, 2.45) is 5.92 Å². The van der Waals surface area contributed by atoms with Gasteiger partial charge < -0.3 is 14.9 Å². The first kappa shape index (κ1) is 17.0. The number of nitrogens with zero attached hydrogens (tertiary/aromatic N) is 4. The number of carbonyl (C=O) groups excluding carboxylic acids is 1. The van der Waals surface area contributed by atoms with Gasteiger partial charge in [-0.25, -0.2) is 9.97 Å². The van der Waals surface area contributed by atoms with Gasteiger partial charge in [0.25, 0.3) is 0 Å². The molecule has 2 aliphatic heterocycles. The molecule has 1 aromatic heterocycles. The molecule has 136 valence electrons. The van der Waals surface area contributed by atoms with Crippen LogP contribution in [0.1, 0.15) is 24.8 Å². The molecule has 0 spiro atoms. The van der Waals surface area contributed by atoms with E-state index >= 15 is 0 Å². The summed E-state index contributed by atoms with van der Waals surface area (Å²) in [5.41, 5.74) is 1.19. The predicted octanol–water partition coefficient (Wildman–Crippen LogP) is 1.68. The monoisotopic (exact) mass is 352 g/mol. The molecule has 0 aliphatic carbocycles. The number of likely N-dealkylation sites (tertiary alicyclic amines) is 1. The van der Waals surface area contributed by atoms with Crippen molar-refractivity contribution in [3.8, 4) is 0 Å². The van der Waals surface area contributed by atoms with Crippen LogP contribution in [0.25, 0.3) is 0 Å². The van der Waals surface area contributed by atoms with Crippen LogP contribution in [-0.4, -0.2) is 57.7 Å². The van der Waals surface area contributed by atoms with E-state index in [1.54, 1.807) is 25.4 Å². The van der Waals surface area contributed by atoms with Gasteiger partial charge >= 0.3 is 0 Å². The summed E-state index contributed by atoms with van der Waals surface area (Å²) in [6.07, 6.45) is 3.65. The molecule has 1 N–H and O–H groups in total. The van der Waals surface area contributed by atoms with Crippen LogP contribution in [0.4, 0.5) is 5.95 Å². The lowest BCUT2D eigenvalue weighted by Crippen LogP contribution is -2.45.